The molecule has 0 radical (unpaired) electrons. The van der Waals surface area contributed by atoms with Crippen LogP contribution in [0.3, 0.4) is 0 Å². The van der Waals surface area contributed by atoms with E-state index in [1.54, 1.807) is 38.4 Å². The molecule has 0 N–H and O–H groups in total. The van der Waals surface area contributed by atoms with Crippen LogP contribution in [-0.4, -0.2) is 43.7 Å². The average Bonchev–Trinajstić information content (AvgIpc) is 3.31. The molecule has 3 rings (SSSR count). The second-order valence-electron chi connectivity index (χ2n) is 6.18. The third-order valence-corrected chi connectivity index (χ3v) is 6.07. The third-order valence-electron chi connectivity index (χ3n) is 4.19. The van der Waals surface area contributed by atoms with Gasteiger partial charge in [0.15, 0.2) is 0 Å². The van der Waals surface area contributed by atoms with Crippen LogP contribution in [-0.2, 0) is 14.8 Å². The maximum atomic E-state index is 13.0. The number of carbonyl (C=O) groups excluding carboxylic acids is 1. The molecule has 1 aliphatic heterocycles. The van der Waals surface area contributed by atoms with Gasteiger partial charge in [-0.05, 0) is 24.6 Å². The van der Waals surface area contributed by atoms with Crippen molar-refractivity contribution in [3.05, 3.63) is 65.7 Å². The molecule has 0 bridgehead atoms. The number of carbonyl (C=O) groups is 1. The molecule has 0 aliphatic carbocycles. The Kier molecular flexibility index (Phi) is 4.19. The molecule has 0 aromatic heterocycles. The Morgan fingerprint density at radius 1 is 1.00 bits per heavy atom. The van der Waals surface area contributed by atoms with Gasteiger partial charge in [0.05, 0.1) is 10.9 Å². The number of aryl methyl sites for hydroxylation is 1. The standard InChI is InChI=1S/C18H20N2O3S/c1-13-9-11-15(12-10-13)24(22,23)20-16(14-7-5-4-6-8-14)17(20)18(21)19(2)3/h4-12,16-17H,1-3H3/t16-,17+,20?/m0/s1. The van der Waals surface area contributed by atoms with Crippen molar-refractivity contribution in [1.82, 2.24) is 9.21 Å². The van der Waals surface area contributed by atoms with E-state index in [2.05, 4.69) is 0 Å². The summed E-state index contributed by atoms with van der Waals surface area (Å²) in [7, 11) is -0.445. The molecule has 126 valence electrons. The van der Waals surface area contributed by atoms with Gasteiger partial charge in [0.1, 0.15) is 6.04 Å². The van der Waals surface area contributed by atoms with Crippen LogP contribution >= 0.6 is 0 Å². The number of rotatable bonds is 4. The molecule has 1 fully saturated rings. The molecule has 1 saturated heterocycles. The Bertz CT molecular complexity index is 846. The van der Waals surface area contributed by atoms with Crippen LogP contribution < -0.4 is 0 Å². The number of benzene rings is 2. The summed E-state index contributed by atoms with van der Waals surface area (Å²) >= 11 is 0. The number of nitrogens with zero attached hydrogens (tertiary/aromatic N) is 2. The van der Waals surface area contributed by atoms with Gasteiger partial charge in [-0.3, -0.25) is 4.79 Å². The molecule has 0 spiro atoms. The predicted octanol–water partition coefficient (Wildman–Crippen LogP) is 2.20. The lowest BCUT2D eigenvalue weighted by atomic mass is 10.1. The first-order chi connectivity index (χ1) is 11.3. The van der Waals surface area contributed by atoms with E-state index >= 15 is 0 Å². The highest BCUT2D eigenvalue weighted by atomic mass is 32.2. The van der Waals surface area contributed by atoms with Crippen molar-refractivity contribution in [1.29, 1.82) is 0 Å². The molecule has 6 heteroatoms. The quantitative estimate of drug-likeness (QED) is 0.799. The van der Waals surface area contributed by atoms with E-state index in [0.29, 0.717) is 0 Å². The van der Waals surface area contributed by atoms with Gasteiger partial charge in [0.2, 0.25) is 15.9 Å². The summed E-state index contributed by atoms with van der Waals surface area (Å²) < 4.78 is 27.3. The first kappa shape index (κ1) is 16.7. The first-order valence-corrected chi connectivity index (χ1v) is 9.14. The highest BCUT2D eigenvalue weighted by molar-refractivity contribution is 7.89. The number of likely N-dealkylation sites (N-methyl/N-ethyl adjacent to an activating group) is 1. The van der Waals surface area contributed by atoms with Gasteiger partial charge in [-0.25, -0.2) is 8.42 Å². The maximum absolute atomic E-state index is 13.0. The smallest absolute Gasteiger partial charge is 0.244 e. The molecule has 2 aromatic carbocycles. The number of amides is 1. The van der Waals surface area contributed by atoms with Crippen LogP contribution in [0.1, 0.15) is 17.2 Å². The van der Waals surface area contributed by atoms with Crippen molar-refractivity contribution < 1.29 is 13.2 Å². The van der Waals surface area contributed by atoms with Gasteiger partial charge in [0, 0.05) is 14.1 Å². The van der Waals surface area contributed by atoms with Crippen LogP contribution in [0.25, 0.3) is 0 Å². The monoisotopic (exact) mass is 344 g/mol. The maximum Gasteiger partial charge on any atom is 0.244 e. The topological polar surface area (TPSA) is 57.5 Å². The van der Waals surface area contributed by atoms with Crippen molar-refractivity contribution in [3.8, 4) is 0 Å². The van der Waals surface area contributed by atoms with Crippen LogP contribution in [0.5, 0.6) is 0 Å². The summed E-state index contributed by atoms with van der Waals surface area (Å²) in [6.45, 7) is 1.90. The number of hydrogen-bond acceptors (Lipinski definition) is 3. The lowest BCUT2D eigenvalue weighted by Crippen LogP contribution is -2.30. The van der Waals surface area contributed by atoms with E-state index in [4.69, 9.17) is 0 Å². The zero-order valence-electron chi connectivity index (χ0n) is 13.9. The molecule has 0 saturated carbocycles. The minimum absolute atomic E-state index is 0.209. The van der Waals surface area contributed by atoms with Gasteiger partial charge >= 0.3 is 0 Å². The zero-order chi connectivity index (χ0) is 17.5. The highest BCUT2D eigenvalue weighted by Gasteiger charge is 2.60. The van der Waals surface area contributed by atoms with Crippen molar-refractivity contribution in [3.63, 3.8) is 0 Å². The first-order valence-electron chi connectivity index (χ1n) is 7.70. The second-order valence-corrected chi connectivity index (χ2v) is 8.02. The molecular formula is C18H20N2O3S. The predicted molar refractivity (Wildman–Crippen MR) is 91.9 cm³/mol. The van der Waals surface area contributed by atoms with Gasteiger partial charge in [-0.15, -0.1) is 0 Å². The summed E-state index contributed by atoms with van der Waals surface area (Å²) in [6.07, 6.45) is 0. The average molecular weight is 344 g/mol. The molecule has 1 amide bonds. The lowest BCUT2D eigenvalue weighted by Gasteiger charge is -2.10. The van der Waals surface area contributed by atoms with Crippen LogP contribution in [0.15, 0.2) is 59.5 Å². The minimum atomic E-state index is -3.72. The summed E-state index contributed by atoms with van der Waals surface area (Å²) in [5, 5.41) is 0. The number of hydrogen-bond donors (Lipinski definition) is 0. The van der Waals surface area contributed by atoms with Gasteiger partial charge in [-0.2, -0.15) is 4.31 Å². The van der Waals surface area contributed by atoms with E-state index in [0.717, 1.165) is 11.1 Å². The summed E-state index contributed by atoms with van der Waals surface area (Å²) in [4.78, 5) is 14.1. The van der Waals surface area contributed by atoms with Gasteiger partial charge < -0.3 is 4.90 Å². The molecule has 5 nitrogen and oxygen atoms in total. The normalized spacial score (nSPS) is 22.9. The molecular weight excluding hydrogens is 324 g/mol. The van der Waals surface area contributed by atoms with E-state index in [-0.39, 0.29) is 10.8 Å². The fourth-order valence-corrected chi connectivity index (χ4v) is 4.54. The largest absolute Gasteiger partial charge is 0.347 e. The van der Waals surface area contributed by atoms with Crippen LogP contribution in [0.2, 0.25) is 0 Å². The van der Waals surface area contributed by atoms with Gasteiger partial charge in [0.25, 0.3) is 0 Å². The Balaban J connectivity index is 2.00. The SMILES string of the molecule is Cc1ccc(S(=O)(=O)N2[C@@H](C(=O)N(C)C)[C@@H]2c2ccccc2)cc1. The van der Waals surface area contributed by atoms with Crippen molar-refractivity contribution in [2.75, 3.05) is 14.1 Å². The van der Waals surface area contributed by atoms with Crippen LogP contribution in [0.4, 0.5) is 0 Å². The van der Waals surface area contributed by atoms with Crippen molar-refractivity contribution in [2.45, 2.75) is 23.9 Å². The second kappa shape index (κ2) is 6.03. The summed E-state index contributed by atoms with van der Waals surface area (Å²) in [5.74, 6) is -0.209. The third kappa shape index (κ3) is 2.83. The number of sulfonamides is 1. The Labute approximate surface area is 142 Å². The van der Waals surface area contributed by atoms with E-state index < -0.39 is 22.1 Å². The Morgan fingerprint density at radius 3 is 2.12 bits per heavy atom. The van der Waals surface area contributed by atoms with Crippen LogP contribution in [0, 0.1) is 6.92 Å². The summed E-state index contributed by atoms with van der Waals surface area (Å²) in [5.41, 5.74) is 1.81. The Hall–Kier alpha value is -2.18. The van der Waals surface area contributed by atoms with E-state index in [9.17, 15) is 13.2 Å². The van der Waals surface area contributed by atoms with Crippen molar-refractivity contribution >= 4 is 15.9 Å². The van der Waals surface area contributed by atoms with Crippen molar-refractivity contribution in [2.24, 2.45) is 0 Å². The lowest BCUT2D eigenvalue weighted by molar-refractivity contribution is -0.128. The molecule has 3 atom stereocenters. The fourth-order valence-electron chi connectivity index (χ4n) is 2.83. The Morgan fingerprint density at radius 2 is 1.58 bits per heavy atom. The molecule has 2 aromatic rings. The summed E-state index contributed by atoms with van der Waals surface area (Å²) in [6, 6.07) is 14.8. The molecule has 24 heavy (non-hydrogen) atoms. The minimum Gasteiger partial charge on any atom is -0.347 e. The molecule has 1 aliphatic rings. The van der Waals surface area contributed by atoms with Gasteiger partial charge in [-0.1, -0.05) is 48.0 Å². The fraction of sp³-hybridized carbons (Fsp3) is 0.278. The molecule has 1 unspecified atom stereocenters. The van der Waals surface area contributed by atoms with E-state index in [1.165, 1.54) is 9.21 Å². The molecule has 1 heterocycles. The van der Waals surface area contributed by atoms with E-state index in [1.807, 2.05) is 37.3 Å². The zero-order valence-corrected chi connectivity index (χ0v) is 14.7. The highest BCUT2D eigenvalue weighted by Crippen LogP contribution is 2.48.